The number of carboxylic acids is 1. The Hall–Kier alpha value is -1.22. The fourth-order valence-corrected chi connectivity index (χ4v) is 4.06. The Kier molecular flexibility index (Phi) is 7.40. The maximum atomic E-state index is 11.1. The average Bonchev–Trinajstić information content (AvgIpc) is 3.14. The number of carbonyl (C=O) groups is 1. The summed E-state index contributed by atoms with van der Waals surface area (Å²) in [5.74, 6) is -0.101. The van der Waals surface area contributed by atoms with E-state index in [0.717, 1.165) is 18.4 Å². The summed E-state index contributed by atoms with van der Waals surface area (Å²) in [7, 11) is 1.61. The van der Waals surface area contributed by atoms with Crippen LogP contribution in [0.3, 0.4) is 0 Å². The number of nitrogens with zero attached hydrogens (tertiary/aromatic N) is 1. The molecule has 0 atom stereocenters. The summed E-state index contributed by atoms with van der Waals surface area (Å²) in [4.78, 5) is 11.1. The zero-order chi connectivity index (χ0) is 17.9. The van der Waals surface area contributed by atoms with Gasteiger partial charge in [-0.3, -0.25) is 0 Å². The maximum absolute atomic E-state index is 11.1. The number of rotatable bonds is 5. The van der Waals surface area contributed by atoms with E-state index in [1.807, 2.05) is 18.2 Å². The van der Waals surface area contributed by atoms with Gasteiger partial charge in [0, 0.05) is 5.97 Å². The van der Waals surface area contributed by atoms with Crippen molar-refractivity contribution < 1.29 is 48.9 Å². The van der Waals surface area contributed by atoms with E-state index in [1.165, 1.54) is 12.8 Å². The van der Waals surface area contributed by atoms with E-state index in [4.69, 9.17) is 9.47 Å². The molecule has 2 aliphatic carbocycles. The van der Waals surface area contributed by atoms with Crippen molar-refractivity contribution in [1.82, 2.24) is 0 Å². The van der Waals surface area contributed by atoms with Gasteiger partial charge in [0.2, 0.25) is 0 Å². The van der Waals surface area contributed by atoms with E-state index in [0.29, 0.717) is 37.2 Å². The van der Waals surface area contributed by atoms with Crippen molar-refractivity contribution in [2.75, 3.05) is 7.11 Å². The van der Waals surface area contributed by atoms with Crippen LogP contribution in [-0.4, -0.2) is 19.2 Å². The van der Waals surface area contributed by atoms with Gasteiger partial charge in [-0.05, 0) is 75.0 Å². The van der Waals surface area contributed by atoms with E-state index >= 15 is 0 Å². The first kappa shape index (κ1) is 21.1. The molecule has 0 aromatic heterocycles. The van der Waals surface area contributed by atoms with Crippen LogP contribution in [0.4, 0.5) is 0 Å². The maximum Gasteiger partial charge on any atom is 1.00 e. The summed E-state index contributed by atoms with van der Waals surface area (Å²) in [6.45, 7) is 0. The molecule has 134 valence electrons. The predicted octanol–water partition coefficient (Wildman–Crippen LogP) is -0.278. The molecule has 0 amide bonds. The Morgan fingerprint density at radius 3 is 2.38 bits per heavy atom. The average molecular weight is 365 g/mol. The van der Waals surface area contributed by atoms with Crippen LogP contribution in [-0.2, 0) is 10.2 Å². The van der Waals surface area contributed by atoms with Crippen LogP contribution < -0.4 is 44.1 Å². The molecule has 0 saturated heterocycles. The third kappa shape index (κ3) is 4.36. The number of ether oxygens (including phenoxy) is 2. The molecule has 3 rings (SSSR count). The summed E-state index contributed by atoms with van der Waals surface area (Å²) in [5.41, 5.74) is 0.229. The molecule has 0 bridgehead atoms. The fourth-order valence-electron chi connectivity index (χ4n) is 4.06. The predicted molar refractivity (Wildman–Crippen MR) is 90.1 cm³/mol. The van der Waals surface area contributed by atoms with Gasteiger partial charge in [-0.2, -0.15) is 5.26 Å². The molecule has 0 unspecified atom stereocenters. The Bertz CT molecular complexity index is 671. The van der Waals surface area contributed by atoms with Crippen molar-refractivity contribution in [3.05, 3.63) is 23.8 Å². The summed E-state index contributed by atoms with van der Waals surface area (Å²) >= 11 is 0. The summed E-state index contributed by atoms with van der Waals surface area (Å²) in [6, 6.07) is 8.11. The molecule has 26 heavy (non-hydrogen) atoms. The molecule has 1 aromatic carbocycles. The third-order valence-electron chi connectivity index (χ3n) is 5.70. The van der Waals surface area contributed by atoms with Crippen LogP contribution in [0, 0.1) is 17.2 Å². The molecule has 2 saturated carbocycles. The normalized spacial score (nSPS) is 25.8. The molecule has 0 aliphatic heterocycles. The van der Waals surface area contributed by atoms with E-state index < -0.39 is 17.3 Å². The van der Waals surface area contributed by atoms with Crippen molar-refractivity contribution in [3.8, 4) is 17.6 Å². The monoisotopic (exact) mass is 365 g/mol. The van der Waals surface area contributed by atoms with Gasteiger partial charge in [-0.1, -0.05) is 6.07 Å². The molecule has 6 heteroatoms. The number of benzene rings is 1. The second kappa shape index (κ2) is 9.12. The first-order valence-electron chi connectivity index (χ1n) is 9.05. The summed E-state index contributed by atoms with van der Waals surface area (Å²) < 4.78 is 11.6. The Balaban J connectivity index is 0.00000243. The minimum Gasteiger partial charge on any atom is -0.550 e. The Labute approximate surface area is 177 Å². The van der Waals surface area contributed by atoms with Gasteiger partial charge in [0.05, 0.1) is 24.7 Å². The van der Waals surface area contributed by atoms with E-state index in [2.05, 4.69) is 6.07 Å². The SMILES string of the molecule is COc1ccc(C2(C#N)CCC(C(=O)[O-])CC2)cc1OC1CCCC1.[Na+]. The van der Waals surface area contributed by atoms with Gasteiger partial charge in [-0.25, -0.2) is 0 Å². The van der Waals surface area contributed by atoms with Crippen molar-refractivity contribution in [2.45, 2.75) is 62.9 Å². The molecule has 0 N–H and O–H groups in total. The molecule has 1 aromatic rings. The quantitative estimate of drug-likeness (QED) is 0.671. The first-order chi connectivity index (χ1) is 12.1. The molecule has 2 fully saturated rings. The number of methoxy groups -OCH3 is 1. The Morgan fingerprint density at radius 1 is 1.19 bits per heavy atom. The minimum atomic E-state index is -1.01. The molecular weight excluding hydrogens is 341 g/mol. The van der Waals surface area contributed by atoms with Gasteiger partial charge < -0.3 is 19.4 Å². The van der Waals surface area contributed by atoms with Gasteiger partial charge in [0.15, 0.2) is 11.5 Å². The van der Waals surface area contributed by atoms with Gasteiger partial charge in [0.25, 0.3) is 0 Å². The first-order valence-corrected chi connectivity index (χ1v) is 9.05. The second-order valence-electron chi connectivity index (χ2n) is 7.18. The topological polar surface area (TPSA) is 82.4 Å². The second-order valence-corrected chi connectivity index (χ2v) is 7.18. The van der Waals surface area contributed by atoms with Crippen LogP contribution >= 0.6 is 0 Å². The molecular formula is C20H24NNaO4. The molecule has 2 aliphatic rings. The standard InChI is InChI=1S/C20H25NO4.Na/c1-24-17-7-6-15(12-18(17)25-16-4-2-3-5-16)20(13-21)10-8-14(9-11-20)19(22)23;/h6-7,12,14,16H,2-5,8-11H2,1H3,(H,22,23);/q;+1/p-1. The fraction of sp³-hybridized carbons (Fsp3) is 0.600. The molecule has 0 heterocycles. The van der Waals surface area contributed by atoms with Crippen molar-refractivity contribution in [2.24, 2.45) is 5.92 Å². The van der Waals surface area contributed by atoms with E-state index in [1.54, 1.807) is 7.11 Å². The van der Waals surface area contributed by atoms with Crippen molar-refractivity contribution in [3.63, 3.8) is 0 Å². The van der Waals surface area contributed by atoms with Crippen LogP contribution in [0.1, 0.15) is 56.9 Å². The number of aliphatic carboxylic acids is 1. The van der Waals surface area contributed by atoms with Crippen molar-refractivity contribution >= 4 is 5.97 Å². The largest absolute Gasteiger partial charge is 1.00 e. The van der Waals surface area contributed by atoms with Crippen LogP contribution in [0.25, 0.3) is 0 Å². The zero-order valence-electron chi connectivity index (χ0n) is 15.6. The Morgan fingerprint density at radius 2 is 1.85 bits per heavy atom. The number of nitriles is 1. The number of carboxylic acid groups (broad SMARTS) is 1. The number of hydrogen-bond acceptors (Lipinski definition) is 5. The van der Waals surface area contributed by atoms with E-state index in [9.17, 15) is 15.2 Å². The van der Waals surface area contributed by atoms with E-state index in [-0.39, 0.29) is 35.7 Å². The smallest absolute Gasteiger partial charge is 0.550 e. The molecule has 0 spiro atoms. The third-order valence-corrected chi connectivity index (χ3v) is 5.70. The summed E-state index contributed by atoms with van der Waals surface area (Å²) in [6.07, 6.45) is 6.65. The summed E-state index contributed by atoms with van der Waals surface area (Å²) in [5, 5.41) is 20.9. The van der Waals surface area contributed by atoms with Crippen LogP contribution in [0.5, 0.6) is 11.5 Å². The van der Waals surface area contributed by atoms with Gasteiger partial charge in [-0.15, -0.1) is 0 Å². The number of hydrogen-bond donors (Lipinski definition) is 0. The van der Waals surface area contributed by atoms with Crippen LogP contribution in [0.2, 0.25) is 0 Å². The minimum absolute atomic E-state index is 0. The zero-order valence-corrected chi connectivity index (χ0v) is 17.6. The molecule has 5 nitrogen and oxygen atoms in total. The van der Waals surface area contributed by atoms with Gasteiger partial charge in [0.1, 0.15) is 0 Å². The molecule has 0 radical (unpaired) electrons. The number of carbonyl (C=O) groups excluding carboxylic acids is 1. The van der Waals surface area contributed by atoms with Crippen molar-refractivity contribution in [1.29, 1.82) is 5.26 Å². The van der Waals surface area contributed by atoms with Gasteiger partial charge >= 0.3 is 29.6 Å². The van der Waals surface area contributed by atoms with Crippen LogP contribution in [0.15, 0.2) is 18.2 Å².